The van der Waals surface area contributed by atoms with Crippen LogP contribution in [0.4, 0.5) is 0 Å². The number of rotatable bonds is 5. The molecule has 5 rings (SSSR count). The normalized spacial score (nSPS) is 24.8. The number of hydrogen-bond donors (Lipinski definition) is 1. The summed E-state index contributed by atoms with van der Waals surface area (Å²) in [5.74, 6) is 0.0506. The number of hydrogen-bond acceptors (Lipinski definition) is 4. The van der Waals surface area contributed by atoms with Crippen LogP contribution in [0.1, 0.15) is 75.6 Å². The molecule has 2 aromatic carbocycles. The zero-order valence-corrected chi connectivity index (χ0v) is 22.0. The van der Waals surface area contributed by atoms with E-state index in [9.17, 15) is 9.59 Å². The Kier molecular flexibility index (Phi) is 7.44. The first-order valence-corrected chi connectivity index (χ1v) is 13.6. The fraction of sp³-hybridized carbons (Fsp3) is 0.533. The van der Waals surface area contributed by atoms with Gasteiger partial charge in [-0.2, -0.15) is 0 Å². The fourth-order valence-electron chi connectivity index (χ4n) is 6.33. The monoisotopic (exact) mass is 488 g/mol. The zero-order valence-electron chi connectivity index (χ0n) is 22.0. The number of amides is 2. The molecule has 1 heterocycles. The third kappa shape index (κ3) is 5.21. The predicted molar refractivity (Wildman–Crippen MR) is 143 cm³/mol. The molecule has 6 nitrogen and oxygen atoms in total. The van der Waals surface area contributed by atoms with Crippen LogP contribution in [0, 0.1) is 6.92 Å². The van der Waals surface area contributed by atoms with Gasteiger partial charge in [-0.15, -0.1) is 0 Å². The van der Waals surface area contributed by atoms with Crippen molar-refractivity contribution in [1.29, 1.82) is 0 Å². The Morgan fingerprint density at radius 2 is 1.78 bits per heavy atom. The molecule has 2 aromatic rings. The summed E-state index contributed by atoms with van der Waals surface area (Å²) in [6, 6.07) is 14.6. The van der Waals surface area contributed by atoms with Crippen LogP contribution >= 0.6 is 0 Å². The van der Waals surface area contributed by atoms with E-state index in [0.717, 1.165) is 68.6 Å². The number of piperazine rings is 1. The average molecular weight is 489 g/mol. The Balaban J connectivity index is 1.26. The molecule has 3 aliphatic rings. The number of benzene rings is 2. The number of nitrogens with zero attached hydrogens (tertiary/aromatic N) is 3. The molecule has 2 aliphatic carbocycles. The first-order valence-electron chi connectivity index (χ1n) is 13.6. The molecular formula is C30H40N4O2. The fourth-order valence-corrected chi connectivity index (χ4v) is 6.33. The molecule has 1 saturated carbocycles. The van der Waals surface area contributed by atoms with Crippen molar-refractivity contribution in [2.45, 2.75) is 63.6 Å². The highest BCUT2D eigenvalue weighted by Gasteiger charge is 2.33. The lowest BCUT2D eigenvalue weighted by molar-refractivity contribution is 0.0496. The van der Waals surface area contributed by atoms with Crippen LogP contribution in [-0.4, -0.2) is 78.9 Å². The van der Waals surface area contributed by atoms with Crippen LogP contribution in [0.3, 0.4) is 0 Å². The molecule has 1 aliphatic heterocycles. The van der Waals surface area contributed by atoms with Gasteiger partial charge in [0.25, 0.3) is 11.8 Å². The van der Waals surface area contributed by atoms with E-state index in [0.29, 0.717) is 11.6 Å². The predicted octanol–water partition coefficient (Wildman–Crippen LogP) is 4.04. The quantitative estimate of drug-likeness (QED) is 0.690. The topological polar surface area (TPSA) is 55.9 Å². The van der Waals surface area contributed by atoms with Gasteiger partial charge in [0.2, 0.25) is 0 Å². The summed E-state index contributed by atoms with van der Waals surface area (Å²) in [6.45, 7) is 6.49. The summed E-state index contributed by atoms with van der Waals surface area (Å²) >= 11 is 0. The Hall–Kier alpha value is -2.70. The van der Waals surface area contributed by atoms with Gasteiger partial charge < -0.3 is 15.1 Å². The molecule has 3 atom stereocenters. The maximum absolute atomic E-state index is 13.6. The van der Waals surface area contributed by atoms with Crippen molar-refractivity contribution >= 4 is 11.8 Å². The minimum atomic E-state index is -0.0542. The Labute approximate surface area is 215 Å². The number of likely N-dealkylation sites (N-methyl/N-ethyl adjacent to an activating group) is 1. The van der Waals surface area contributed by atoms with Crippen molar-refractivity contribution in [3.63, 3.8) is 0 Å². The maximum Gasteiger partial charge on any atom is 0.253 e. The summed E-state index contributed by atoms with van der Waals surface area (Å²) in [5.41, 5.74) is 4.74. The number of carbonyl (C=O) groups is 2. The average Bonchev–Trinajstić information content (AvgIpc) is 3.30. The van der Waals surface area contributed by atoms with Crippen molar-refractivity contribution in [3.05, 3.63) is 70.3 Å². The van der Waals surface area contributed by atoms with E-state index in [1.165, 1.54) is 18.4 Å². The molecule has 0 aromatic heterocycles. The molecule has 0 unspecified atom stereocenters. The summed E-state index contributed by atoms with van der Waals surface area (Å²) in [5, 5.41) is 3.22. The lowest BCUT2D eigenvalue weighted by Gasteiger charge is -2.43. The molecule has 6 heteroatoms. The lowest BCUT2D eigenvalue weighted by Crippen LogP contribution is -2.52. The minimum Gasteiger partial charge on any atom is -0.345 e. The van der Waals surface area contributed by atoms with E-state index in [1.54, 1.807) is 0 Å². The van der Waals surface area contributed by atoms with Crippen LogP contribution in [0.25, 0.3) is 0 Å². The highest BCUT2D eigenvalue weighted by atomic mass is 16.2. The van der Waals surface area contributed by atoms with Crippen LogP contribution in [-0.2, 0) is 6.42 Å². The molecule has 0 radical (unpaired) electrons. The van der Waals surface area contributed by atoms with Crippen LogP contribution in [0.2, 0.25) is 0 Å². The summed E-state index contributed by atoms with van der Waals surface area (Å²) in [6.07, 6.45) is 6.35. The van der Waals surface area contributed by atoms with Crippen LogP contribution in [0.5, 0.6) is 0 Å². The van der Waals surface area contributed by atoms with Crippen molar-refractivity contribution in [2.75, 3.05) is 40.3 Å². The van der Waals surface area contributed by atoms with Crippen molar-refractivity contribution in [3.8, 4) is 0 Å². The Morgan fingerprint density at radius 3 is 2.56 bits per heavy atom. The highest BCUT2D eigenvalue weighted by molar-refractivity contribution is 5.96. The SMILES string of the molecule is Cc1ccccc1C(=O)N[C@@H]1CCc2ccc(C(=O)N(C)[C@H]3CCC[C@@H](N4CCN(C)CC4)C3)cc21. The van der Waals surface area contributed by atoms with Gasteiger partial charge in [-0.05, 0) is 87.4 Å². The molecule has 0 bridgehead atoms. The largest absolute Gasteiger partial charge is 0.345 e. The van der Waals surface area contributed by atoms with E-state index in [4.69, 9.17) is 0 Å². The Bertz CT molecular complexity index is 1110. The van der Waals surface area contributed by atoms with Gasteiger partial charge in [0.1, 0.15) is 0 Å². The minimum absolute atomic E-state index is 0.0445. The Morgan fingerprint density at radius 1 is 1.00 bits per heavy atom. The highest BCUT2D eigenvalue weighted by Crippen LogP contribution is 2.33. The first-order chi connectivity index (χ1) is 17.4. The third-order valence-electron chi connectivity index (χ3n) is 8.71. The van der Waals surface area contributed by atoms with E-state index in [-0.39, 0.29) is 23.9 Å². The van der Waals surface area contributed by atoms with E-state index < -0.39 is 0 Å². The molecule has 36 heavy (non-hydrogen) atoms. The van der Waals surface area contributed by atoms with Crippen LogP contribution < -0.4 is 5.32 Å². The van der Waals surface area contributed by atoms with Crippen molar-refractivity contribution < 1.29 is 9.59 Å². The number of fused-ring (bicyclic) bond motifs is 1. The molecule has 2 fully saturated rings. The van der Waals surface area contributed by atoms with Crippen molar-refractivity contribution in [2.24, 2.45) is 0 Å². The van der Waals surface area contributed by atoms with E-state index >= 15 is 0 Å². The van der Waals surface area contributed by atoms with E-state index in [1.807, 2.05) is 55.3 Å². The molecular weight excluding hydrogens is 448 g/mol. The second-order valence-electron chi connectivity index (χ2n) is 11.0. The lowest BCUT2D eigenvalue weighted by atomic mass is 9.88. The van der Waals surface area contributed by atoms with Crippen molar-refractivity contribution in [1.82, 2.24) is 20.0 Å². The number of aryl methyl sites for hydroxylation is 2. The molecule has 2 amide bonds. The second-order valence-corrected chi connectivity index (χ2v) is 11.0. The maximum atomic E-state index is 13.6. The van der Waals surface area contributed by atoms with Crippen LogP contribution in [0.15, 0.2) is 42.5 Å². The standard InChI is InChI=1S/C30H40N4O2/c1-21-7-4-5-10-26(21)29(35)31-28-14-13-22-11-12-23(19-27(22)28)30(36)33(3)24-8-6-9-25(20-24)34-17-15-32(2)16-18-34/h4-5,7,10-12,19,24-25,28H,6,8-9,13-18,20H2,1-3H3,(H,31,35)/t24-,25+,28+/m0/s1. The molecule has 0 spiro atoms. The zero-order chi connectivity index (χ0) is 25.2. The van der Waals surface area contributed by atoms with Gasteiger partial charge in [-0.1, -0.05) is 24.3 Å². The second kappa shape index (κ2) is 10.7. The summed E-state index contributed by atoms with van der Waals surface area (Å²) in [4.78, 5) is 33.6. The smallest absolute Gasteiger partial charge is 0.253 e. The van der Waals surface area contributed by atoms with Gasteiger partial charge in [0.05, 0.1) is 6.04 Å². The van der Waals surface area contributed by atoms with Gasteiger partial charge in [0.15, 0.2) is 0 Å². The van der Waals surface area contributed by atoms with Gasteiger partial charge in [-0.25, -0.2) is 0 Å². The van der Waals surface area contributed by atoms with Gasteiger partial charge >= 0.3 is 0 Å². The third-order valence-corrected chi connectivity index (χ3v) is 8.71. The summed E-state index contributed by atoms with van der Waals surface area (Å²) in [7, 11) is 4.17. The van der Waals surface area contributed by atoms with Gasteiger partial charge in [-0.3, -0.25) is 14.5 Å². The van der Waals surface area contributed by atoms with Gasteiger partial charge in [0, 0.05) is 56.4 Å². The van der Waals surface area contributed by atoms with E-state index in [2.05, 4.69) is 28.2 Å². The first kappa shape index (κ1) is 25.0. The molecule has 1 N–H and O–H groups in total. The number of carbonyl (C=O) groups excluding carboxylic acids is 2. The summed E-state index contributed by atoms with van der Waals surface area (Å²) < 4.78 is 0. The number of nitrogens with one attached hydrogen (secondary N) is 1. The molecule has 192 valence electrons. The molecule has 1 saturated heterocycles.